The summed E-state index contributed by atoms with van der Waals surface area (Å²) < 4.78 is 4.51. The van der Waals surface area contributed by atoms with Crippen LogP contribution in [0, 0.1) is 0 Å². The maximum atomic E-state index is 2.68. The van der Waals surface area contributed by atoms with Crippen LogP contribution in [0.15, 0.2) is 91.0 Å². The van der Waals surface area contributed by atoms with Crippen molar-refractivity contribution in [3.63, 3.8) is 0 Å². The molecule has 3 rings (SSSR count). The first kappa shape index (κ1) is 16.9. The van der Waals surface area contributed by atoms with Crippen LogP contribution in [0.2, 0.25) is 0 Å². The van der Waals surface area contributed by atoms with Gasteiger partial charge in [0.25, 0.3) is 0 Å². The van der Waals surface area contributed by atoms with Gasteiger partial charge in [0.15, 0.2) is 0 Å². The number of benzene rings is 3. The minimum absolute atomic E-state index is 1.18. The molecule has 0 saturated carbocycles. The zero-order valence-electron chi connectivity index (χ0n) is 14.3. The standard InChI is InChI=1S/C23H25As/c1-2-3-13-20-24(21-14-7-4-8-15-21,22-16-9-5-10-17-22)23-18-11-6-12-19-23/h4-12,14-20H,2-3,13H2,1H3. The summed E-state index contributed by atoms with van der Waals surface area (Å²) in [5.41, 5.74) is 0. The number of unbranched alkanes of at least 4 members (excludes halogenated alkanes) is 2. The predicted molar refractivity (Wildman–Crippen MR) is 110 cm³/mol. The molecule has 0 fully saturated rings. The van der Waals surface area contributed by atoms with E-state index >= 15 is 0 Å². The molecule has 24 heavy (non-hydrogen) atoms. The van der Waals surface area contributed by atoms with Gasteiger partial charge in [0.2, 0.25) is 0 Å². The van der Waals surface area contributed by atoms with Crippen molar-refractivity contribution in [3.8, 4) is 0 Å². The molecular weight excluding hydrogens is 351 g/mol. The summed E-state index contributed by atoms with van der Waals surface area (Å²) in [7, 11) is 0. The zero-order valence-corrected chi connectivity index (χ0v) is 16.2. The van der Waals surface area contributed by atoms with Crippen LogP contribution in [0.3, 0.4) is 0 Å². The van der Waals surface area contributed by atoms with Crippen molar-refractivity contribution < 1.29 is 0 Å². The molecule has 0 amide bonds. The van der Waals surface area contributed by atoms with Gasteiger partial charge >= 0.3 is 148 Å². The average molecular weight is 376 g/mol. The normalized spacial score (nSPS) is 11.2. The Morgan fingerprint density at radius 2 is 1.00 bits per heavy atom. The molecule has 0 radical (unpaired) electrons. The number of hydrogen-bond acceptors (Lipinski definition) is 0. The first-order valence-corrected chi connectivity index (χ1v) is 12.7. The zero-order chi connectivity index (χ0) is 16.7. The monoisotopic (exact) mass is 376 g/mol. The van der Waals surface area contributed by atoms with Gasteiger partial charge in [-0.25, -0.2) is 0 Å². The van der Waals surface area contributed by atoms with Crippen molar-refractivity contribution in [2.75, 3.05) is 0 Å². The van der Waals surface area contributed by atoms with Gasteiger partial charge in [-0.3, -0.25) is 0 Å². The Morgan fingerprint density at radius 1 is 0.625 bits per heavy atom. The van der Waals surface area contributed by atoms with Gasteiger partial charge in [-0.05, 0) is 0 Å². The molecule has 1 heteroatoms. The molecule has 0 aliphatic carbocycles. The van der Waals surface area contributed by atoms with E-state index in [0.29, 0.717) is 0 Å². The Balaban J connectivity index is 2.31. The third-order valence-electron chi connectivity index (χ3n) is 4.45. The average Bonchev–Trinajstić information content (AvgIpc) is 2.68. The SMILES string of the molecule is CCCCC=[As](c1ccccc1)(c1ccccc1)c1ccccc1. The van der Waals surface area contributed by atoms with E-state index in [-0.39, 0.29) is 0 Å². The summed E-state index contributed by atoms with van der Waals surface area (Å²) in [6, 6.07) is 33.4. The molecule has 0 bridgehead atoms. The quantitative estimate of drug-likeness (QED) is 0.454. The van der Waals surface area contributed by atoms with Crippen LogP contribution in [0.4, 0.5) is 0 Å². The topological polar surface area (TPSA) is 0 Å². The fraction of sp³-hybridized carbons (Fsp3) is 0.174. The molecule has 0 unspecified atom stereocenters. The Kier molecular flexibility index (Phi) is 5.83. The van der Waals surface area contributed by atoms with E-state index in [4.69, 9.17) is 0 Å². The molecule has 0 aliphatic heterocycles. The van der Waals surface area contributed by atoms with E-state index in [2.05, 4.69) is 103 Å². The number of hydrogen-bond donors (Lipinski definition) is 0. The van der Waals surface area contributed by atoms with Gasteiger partial charge < -0.3 is 0 Å². The van der Waals surface area contributed by atoms with Crippen LogP contribution in [-0.4, -0.2) is 17.9 Å². The van der Waals surface area contributed by atoms with E-state index < -0.39 is 13.1 Å². The molecule has 0 heterocycles. The van der Waals surface area contributed by atoms with Crippen molar-refractivity contribution in [2.45, 2.75) is 26.2 Å². The van der Waals surface area contributed by atoms with Crippen molar-refractivity contribution in [2.24, 2.45) is 0 Å². The molecule has 0 N–H and O–H groups in total. The predicted octanol–water partition coefficient (Wildman–Crippen LogP) is 3.73. The molecule has 0 spiro atoms. The second kappa shape index (κ2) is 8.26. The van der Waals surface area contributed by atoms with Crippen molar-refractivity contribution >= 4 is 31.0 Å². The van der Waals surface area contributed by atoms with Crippen molar-refractivity contribution in [1.29, 1.82) is 0 Å². The van der Waals surface area contributed by atoms with Crippen LogP contribution in [-0.2, 0) is 0 Å². The molecule has 0 aromatic heterocycles. The van der Waals surface area contributed by atoms with Gasteiger partial charge in [0, 0.05) is 0 Å². The van der Waals surface area contributed by atoms with E-state index in [0.717, 1.165) is 0 Å². The summed E-state index contributed by atoms with van der Waals surface area (Å²) in [6.45, 7) is 2.27. The third kappa shape index (κ3) is 3.45. The molecule has 122 valence electrons. The minimum atomic E-state index is -2.54. The summed E-state index contributed by atoms with van der Waals surface area (Å²) in [6.07, 6.45) is 3.68. The van der Waals surface area contributed by atoms with Crippen molar-refractivity contribution in [1.82, 2.24) is 0 Å². The van der Waals surface area contributed by atoms with Gasteiger partial charge in [-0.15, -0.1) is 0 Å². The van der Waals surface area contributed by atoms with Crippen LogP contribution >= 0.6 is 0 Å². The summed E-state index contributed by atoms with van der Waals surface area (Å²) in [4.78, 5) is 2.68. The van der Waals surface area contributed by atoms with Crippen LogP contribution < -0.4 is 13.1 Å². The molecule has 0 aliphatic rings. The first-order chi connectivity index (χ1) is 11.9. The van der Waals surface area contributed by atoms with Gasteiger partial charge in [-0.1, -0.05) is 0 Å². The summed E-state index contributed by atoms with van der Waals surface area (Å²) >= 11 is -2.54. The van der Waals surface area contributed by atoms with Gasteiger partial charge in [0.1, 0.15) is 0 Å². The second-order valence-electron chi connectivity index (χ2n) is 6.05. The molecular formula is C23H25As. The fourth-order valence-electron chi connectivity index (χ4n) is 3.24. The first-order valence-electron chi connectivity index (χ1n) is 8.78. The van der Waals surface area contributed by atoms with Crippen LogP contribution in [0.5, 0.6) is 0 Å². The molecule has 0 nitrogen and oxygen atoms in total. The summed E-state index contributed by atoms with van der Waals surface area (Å²) in [5, 5.41) is 0. The second-order valence-corrected chi connectivity index (χ2v) is 13.1. The van der Waals surface area contributed by atoms with Crippen LogP contribution in [0.1, 0.15) is 26.2 Å². The Hall–Kier alpha value is -1.91. The van der Waals surface area contributed by atoms with E-state index in [1.54, 1.807) is 0 Å². The van der Waals surface area contributed by atoms with Gasteiger partial charge in [0.05, 0.1) is 0 Å². The Bertz CT molecular complexity index is 686. The van der Waals surface area contributed by atoms with Crippen molar-refractivity contribution in [3.05, 3.63) is 91.0 Å². The van der Waals surface area contributed by atoms with Crippen LogP contribution in [0.25, 0.3) is 0 Å². The number of rotatable bonds is 6. The molecule has 0 atom stereocenters. The van der Waals surface area contributed by atoms with E-state index in [9.17, 15) is 0 Å². The Morgan fingerprint density at radius 3 is 1.33 bits per heavy atom. The van der Waals surface area contributed by atoms with E-state index in [1.807, 2.05) is 0 Å². The Labute approximate surface area is 148 Å². The maximum absolute atomic E-state index is 2.68. The molecule has 3 aromatic rings. The van der Waals surface area contributed by atoms with Gasteiger partial charge in [-0.2, -0.15) is 0 Å². The third-order valence-corrected chi connectivity index (χ3v) is 13.1. The van der Waals surface area contributed by atoms with E-state index in [1.165, 1.54) is 32.3 Å². The summed E-state index contributed by atoms with van der Waals surface area (Å²) in [5.74, 6) is 0. The molecule has 0 saturated heterocycles. The molecule has 3 aromatic carbocycles. The fourth-order valence-corrected chi connectivity index (χ4v) is 11.7.